The fourth-order valence-corrected chi connectivity index (χ4v) is 3.36. The normalized spacial score (nSPS) is 18.0. The summed E-state index contributed by atoms with van der Waals surface area (Å²) in [7, 11) is 0. The predicted molar refractivity (Wildman–Crippen MR) is 80.0 cm³/mol. The molecule has 106 valence electrons. The number of hydrogen-bond acceptors (Lipinski definition) is 5. The number of carbonyl (C=O) groups excluding carboxylic acids is 1. The number of amides is 1. The molecule has 1 atom stereocenters. The first-order valence-corrected chi connectivity index (χ1v) is 7.31. The van der Waals surface area contributed by atoms with E-state index in [0.29, 0.717) is 11.6 Å². The molecule has 0 N–H and O–H groups in total. The lowest BCUT2D eigenvalue weighted by atomic mass is 10.2. The van der Waals surface area contributed by atoms with Crippen molar-refractivity contribution in [1.82, 2.24) is 4.98 Å². The van der Waals surface area contributed by atoms with Gasteiger partial charge in [0.2, 0.25) is 5.91 Å². The van der Waals surface area contributed by atoms with Crippen LogP contribution < -0.4 is 4.90 Å². The van der Waals surface area contributed by atoms with Crippen LogP contribution >= 0.6 is 11.8 Å². The maximum Gasteiger partial charge on any atom is 0.269 e. The molecule has 2 aromatic rings. The van der Waals surface area contributed by atoms with Gasteiger partial charge in [0.05, 0.1) is 10.7 Å². The molecule has 0 aliphatic carbocycles. The molecular formula is C14H11N3O3S. The zero-order chi connectivity index (χ0) is 14.8. The molecule has 6 nitrogen and oxygen atoms in total. The van der Waals surface area contributed by atoms with Crippen LogP contribution in [0.1, 0.15) is 10.9 Å². The van der Waals surface area contributed by atoms with Crippen LogP contribution in [-0.4, -0.2) is 21.6 Å². The lowest BCUT2D eigenvalue weighted by Crippen LogP contribution is -2.28. The monoisotopic (exact) mass is 301 g/mol. The van der Waals surface area contributed by atoms with E-state index >= 15 is 0 Å². The van der Waals surface area contributed by atoms with Gasteiger partial charge in [0.15, 0.2) is 0 Å². The van der Waals surface area contributed by atoms with E-state index < -0.39 is 4.92 Å². The predicted octanol–water partition coefficient (Wildman–Crippen LogP) is 2.77. The molecule has 1 fully saturated rings. The highest BCUT2D eigenvalue weighted by atomic mass is 32.2. The van der Waals surface area contributed by atoms with Crippen LogP contribution in [0.2, 0.25) is 0 Å². The number of pyridine rings is 1. The van der Waals surface area contributed by atoms with Gasteiger partial charge < -0.3 is 0 Å². The van der Waals surface area contributed by atoms with E-state index in [1.54, 1.807) is 35.4 Å². The molecule has 7 heteroatoms. The number of nitrogens with zero attached hydrogens (tertiary/aromatic N) is 3. The summed E-state index contributed by atoms with van der Waals surface area (Å²) in [5, 5.41) is 10.6. The Morgan fingerprint density at radius 1 is 1.29 bits per heavy atom. The summed E-state index contributed by atoms with van der Waals surface area (Å²) in [6.07, 6.45) is 1.62. The Morgan fingerprint density at radius 3 is 2.86 bits per heavy atom. The minimum atomic E-state index is -0.434. The van der Waals surface area contributed by atoms with Gasteiger partial charge in [0.1, 0.15) is 11.2 Å². The van der Waals surface area contributed by atoms with Gasteiger partial charge in [0, 0.05) is 18.3 Å². The number of anilines is 1. The summed E-state index contributed by atoms with van der Waals surface area (Å²) >= 11 is 1.44. The van der Waals surface area contributed by atoms with E-state index in [0.717, 1.165) is 5.56 Å². The topological polar surface area (TPSA) is 76.3 Å². The molecule has 0 spiro atoms. The quantitative estimate of drug-likeness (QED) is 0.643. The van der Waals surface area contributed by atoms with Gasteiger partial charge in [-0.2, -0.15) is 0 Å². The van der Waals surface area contributed by atoms with Crippen LogP contribution in [0.25, 0.3) is 0 Å². The average Bonchev–Trinajstić information content (AvgIpc) is 2.90. The molecule has 0 saturated carbocycles. The number of thioether (sulfide) groups is 1. The second-order valence-electron chi connectivity index (χ2n) is 4.47. The number of nitro benzene ring substituents is 1. The summed E-state index contributed by atoms with van der Waals surface area (Å²) < 4.78 is 0. The number of non-ortho nitro benzene ring substituents is 1. The van der Waals surface area contributed by atoms with Crippen molar-refractivity contribution in [2.45, 2.75) is 5.37 Å². The van der Waals surface area contributed by atoms with E-state index in [2.05, 4.69) is 4.98 Å². The van der Waals surface area contributed by atoms with Crippen LogP contribution in [0.3, 0.4) is 0 Å². The minimum Gasteiger partial charge on any atom is -0.279 e. The van der Waals surface area contributed by atoms with Crippen molar-refractivity contribution in [3.05, 3.63) is 64.3 Å². The number of nitro groups is 1. The van der Waals surface area contributed by atoms with Crippen molar-refractivity contribution < 1.29 is 9.72 Å². The Hall–Kier alpha value is -2.41. The number of rotatable bonds is 3. The smallest absolute Gasteiger partial charge is 0.269 e. The summed E-state index contributed by atoms with van der Waals surface area (Å²) in [5.41, 5.74) is 0.749. The Bertz CT molecular complexity index is 693. The number of carbonyl (C=O) groups is 1. The highest BCUT2D eigenvalue weighted by Crippen LogP contribution is 2.41. The van der Waals surface area contributed by atoms with Crippen LogP contribution in [-0.2, 0) is 4.79 Å². The highest BCUT2D eigenvalue weighted by molar-refractivity contribution is 8.00. The summed E-state index contributed by atoms with van der Waals surface area (Å²) in [6.45, 7) is 0. The molecule has 1 saturated heterocycles. The first kappa shape index (κ1) is 13.6. The lowest BCUT2D eigenvalue weighted by molar-refractivity contribution is -0.384. The lowest BCUT2D eigenvalue weighted by Gasteiger charge is -2.22. The Balaban J connectivity index is 1.99. The summed E-state index contributed by atoms with van der Waals surface area (Å²) in [5.74, 6) is 0.850. The Morgan fingerprint density at radius 2 is 2.14 bits per heavy atom. The maximum atomic E-state index is 12.1. The first-order chi connectivity index (χ1) is 10.2. The molecule has 1 aromatic carbocycles. The molecule has 0 radical (unpaired) electrons. The van der Waals surface area contributed by atoms with E-state index in [1.165, 1.54) is 23.9 Å². The van der Waals surface area contributed by atoms with Gasteiger partial charge in [-0.25, -0.2) is 4.98 Å². The summed E-state index contributed by atoms with van der Waals surface area (Å²) in [4.78, 5) is 28.4. The van der Waals surface area contributed by atoms with Crippen molar-refractivity contribution in [3.8, 4) is 0 Å². The fourth-order valence-electron chi connectivity index (χ4n) is 2.21. The van der Waals surface area contributed by atoms with Crippen LogP contribution in [0.4, 0.5) is 11.5 Å². The van der Waals surface area contributed by atoms with Gasteiger partial charge in [-0.3, -0.25) is 19.8 Å². The second kappa shape index (κ2) is 5.53. The molecule has 3 rings (SSSR count). The largest absolute Gasteiger partial charge is 0.279 e. The molecule has 1 unspecified atom stereocenters. The molecule has 1 aliphatic heterocycles. The third-order valence-corrected chi connectivity index (χ3v) is 4.34. The Labute approximate surface area is 124 Å². The maximum absolute atomic E-state index is 12.1. The van der Waals surface area contributed by atoms with Gasteiger partial charge in [-0.1, -0.05) is 18.2 Å². The van der Waals surface area contributed by atoms with E-state index in [9.17, 15) is 14.9 Å². The summed E-state index contributed by atoms with van der Waals surface area (Å²) in [6, 6.07) is 11.7. The zero-order valence-corrected chi connectivity index (χ0v) is 11.7. The zero-order valence-electron chi connectivity index (χ0n) is 10.9. The van der Waals surface area contributed by atoms with E-state index in [1.807, 2.05) is 6.07 Å². The van der Waals surface area contributed by atoms with Crippen molar-refractivity contribution in [2.75, 3.05) is 10.7 Å². The van der Waals surface area contributed by atoms with Gasteiger partial charge in [-0.15, -0.1) is 11.8 Å². The number of benzene rings is 1. The van der Waals surface area contributed by atoms with E-state index in [4.69, 9.17) is 0 Å². The third kappa shape index (κ3) is 2.59. The van der Waals surface area contributed by atoms with Crippen molar-refractivity contribution in [2.24, 2.45) is 0 Å². The highest BCUT2D eigenvalue weighted by Gasteiger charge is 2.35. The minimum absolute atomic E-state index is 0.0217. The van der Waals surface area contributed by atoms with Gasteiger partial charge in [0.25, 0.3) is 5.69 Å². The van der Waals surface area contributed by atoms with Gasteiger partial charge in [-0.05, 0) is 17.7 Å². The van der Waals surface area contributed by atoms with Crippen molar-refractivity contribution >= 4 is 29.2 Å². The first-order valence-electron chi connectivity index (χ1n) is 6.26. The molecular weight excluding hydrogens is 290 g/mol. The SMILES string of the molecule is O=C1CSC(c2cccc([N+](=O)[O-])c2)N1c1ccccn1. The fraction of sp³-hybridized carbons (Fsp3) is 0.143. The molecule has 0 bridgehead atoms. The Kier molecular flexibility index (Phi) is 3.57. The van der Waals surface area contributed by atoms with Crippen LogP contribution in [0, 0.1) is 10.1 Å². The molecule has 1 amide bonds. The second-order valence-corrected chi connectivity index (χ2v) is 5.54. The average molecular weight is 301 g/mol. The third-order valence-electron chi connectivity index (χ3n) is 3.13. The van der Waals surface area contributed by atoms with Crippen molar-refractivity contribution in [3.63, 3.8) is 0 Å². The number of hydrogen-bond donors (Lipinski definition) is 0. The molecule has 1 aromatic heterocycles. The molecule has 21 heavy (non-hydrogen) atoms. The van der Waals surface area contributed by atoms with Gasteiger partial charge >= 0.3 is 0 Å². The van der Waals surface area contributed by atoms with E-state index in [-0.39, 0.29) is 17.0 Å². The molecule has 2 heterocycles. The molecule has 1 aliphatic rings. The van der Waals surface area contributed by atoms with Crippen LogP contribution in [0.5, 0.6) is 0 Å². The number of aromatic nitrogens is 1. The van der Waals surface area contributed by atoms with Crippen LogP contribution in [0.15, 0.2) is 48.7 Å². The van der Waals surface area contributed by atoms with Crippen molar-refractivity contribution in [1.29, 1.82) is 0 Å². The standard InChI is InChI=1S/C14H11N3O3S/c18-13-9-21-14(16(13)12-6-1-2-7-15-12)10-4-3-5-11(8-10)17(19)20/h1-8,14H,9H2.